The number of anilines is 1. The van der Waals surface area contributed by atoms with E-state index < -0.39 is 11.6 Å². The number of benzene rings is 2. The first-order valence-electron chi connectivity index (χ1n) is 9.44. The number of para-hydroxylation sites is 1. The van der Waals surface area contributed by atoms with Gasteiger partial charge in [-0.15, -0.1) is 0 Å². The number of halogens is 1. The number of carbonyl (C=O) groups excluding carboxylic acids is 2. The van der Waals surface area contributed by atoms with Crippen molar-refractivity contribution < 1.29 is 18.4 Å². The molecule has 1 N–H and O–H groups in total. The van der Waals surface area contributed by atoms with Crippen LogP contribution in [0.4, 0.5) is 10.1 Å². The standard InChI is InChI=1S/C21H20FN3O4/c22-15-6-4-14(5-7-15)18(26)8-9-19(27)25-12-10-24(11-13-25)17-3-1-2-16-20(17)29-21(28)23-16/h1-7H,8-13H2,(H,23,28). The van der Waals surface area contributed by atoms with Gasteiger partial charge < -0.3 is 14.2 Å². The highest BCUT2D eigenvalue weighted by atomic mass is 19.1. The summed E-state index contributed by atoms with van der Waals surface area (Å²) in [6, 6.07) is 10.9. The van der Waals surface area contributed by atoms with Crippen LogP contribution in [0.1, 0.15) is 23.2 Å². The van der Waals surface area contributed by atoms with E-state index in [1.165, 1.54) is 24.3 Å². The molecule has 1 amide bonds. The average molecular weight is 397 g/mol. The number of piperazine rings is 1. The number of fused-ring (bicyclic) bond motifs is 1. The van der Waals surface area contributed by atoms with Crippen LogP contribution in [0.25, 0.3) is 11.1 Å². The minimum Gasteiger partial charge on any atom is -0.406 e. The smallest absolute Gasteiger partial charge is 0.406 e. The molecule has 0 radical (unpaired) electrons. The number of nitrogens with one attached hydrogen (secondary N) is 1. The maximum Gasteiger partial charge on any atom is 0.417 e. The number of Topliss-reactive ketones (excluding diaryl/α,β-unsaturated/α-hetero) is 1. The fraction of sp³-hybridized carbons (Fsp3) is 0.286. The Morgan fingerprint density at radius 1 is 1.00 bits per heavy atom. The first kappa shape index (κ1) is 18.9. The maximum atomic E-state index is 12.9. The molecule has 2 heterocycles. The van der Waals surface area contributed by atoms with Crippen molar-refractivity contribution in [2.75, 3.05) is 31.1 Å². The molecule has 1 fully saturated rings. The lowest BCUT2D eigenvalue weighted by Gasteiger charge is -2.36. The lowest BCUT2D eigenvalue weighted by atomic mass is 10.1. The molecular weight excluding hydrogens is 377 g/mol. The number of hydrogen-bond donors (Lipinski definition) is 1. The Kier molecular flexibility index (Phi) is 5.16. The second-order valence-corrected chi connectivity index (χ2v) is 6.97. The van der Waals surface area contributed by atoms with Crippen LogP contribution in [-0.2, 0) is 4.79 Å². The van der Waals surface area contributed by atoms with Gasteiger partial charge in [-0.25, -0.2) is 9.18 Å². The predicted molar refractivity (Wildman–Crippen MR) is 106 cm³/mol. The molecule has 0 atom stereocenters. The highest BCUT2D eigenvalue weighted by Crippen LogP contribution is 2.26. The van der Waals surface area contributed by atoms with Crippen LogP contribution >= 0.6 is 0 Å². The van der Waals surface area contributed by atoms with Gasteiger partial charge in [0.15, 0.2) is 11.4 Å². The van der Waals surface area contributed by atoms with E-state index in [0.717, 1.165) is 5.69 Å². The van der Waals surface area contributed by atoms with E-state index in [1.54, 1.807) is 11.0 Å². The first-order chi connectivity index (χ1) is 14.0. The van der Waals surface area contributed by atoms with Crippen molar-refractivity contribution in [1.82, 2.24) is 9.88 Å². The lowest BCUT2D eigenvalue weighted by Crippen LogP contribution is -2.48. The van der Waals surface area contributed by atoms with E-state index in [0.29, 0.717) is 42.8 Å². The van der Waals surface area contributed by atoms with Gasteiger partial charge in [0.05, 0.1) is 11.2 Å². The Balaban J connectivity index is 1.33. The van der Waals surface area contributed by atoms with Crippen LogP contribution in [0.5, 0.6) is 0 Å². The van der Waals surface area contributed by atoms with Crippen molar-refractivity contribution in [3.8, 4) is 0 Å². The van der Waals surface area contributed by atoms with Crippen molar-refractivity contribution in [3.63, 3.8) is 0 Å². The summed E-state index contributed by atoms with van der Waals surface area (Å²) in [4.78, 5) is 42.6. The van der Waals surface area contributed by atoms with E-state index in [9.17, 15) is 18.8 Å². The van der Waals surface area contributed by atoms with Crippen LogP contribution < -0.4 is 10.7 Å². The Labute approximate surface area is 165 Å². The molecule has 29 heavy (non-hydrogen) atoms. The Morgan fingerprint density at radius 3 is 2.45 bits per heavy atom. The van der Waals surface area contributed by atoms with Crippen LogP contribution in [0.3, 0.4) is 0 Å². The van der Waals surface area contributed by atoms with E-state index >= 15 is 0 Å². The van der Waals surface area contributed by atoms with Gasteiger partial charge in [-0.05, 0) is 36.4 Å². The topological polar surface area (TPSA) is 86.6 Å². The maximum absolute atomic E-state index is 12.9. The molecule has 0 unspecified atom stereocenters. The SMILES string of the molecule is O=C(CCC(=O)N1CCN(c2cccc3[nH]c(=O)oc23)CC1)c1ccc(F)cc1. The van der Waals surface area contributed by atoms with Crippen LogP contribution in [-0.4, -0.2) is 47.8 Å². The molecule has 1 aromatic heterocycles. The fourth-order valence-electron chi connectivity index (χ4n) is 3.56. The van der Waals surface area contributed by atoms with Crippen LogP contribution in [0.15, 0.2) is 51.7 Å². The van der Waals surface area contributed by atoms with Gasteiger partial charge in [-0.1, -0.05) is 6.07 Å². The second kappa shape index (κ2) is 7.90. The van der Waals surface area contributed by atoms with Gasteiger partial charge in [0.2, 0.25) is 5.91 Å². The number of rotatable bonds is 5. The monoisotopic (exact) mass is 397 g/mol. The minimum atomic E-state index is -0.493. The number of hydrogen-bond acceptors (Lipinski definition) is 5. The predicted octanol–water partition coefficient (Wildman–Crippen LogP) is 2.57. The van der Waals surface area contributed by atoms with Crippen molar-refractivity contribution in [2.45, 2.75) is 12.8 Å². The van der Waals surface area contributed by atoms with E-state index in [2.05, 4.69) is 9.88 Å². The summed E-state index contributed by atoms with van der Waals surface area (Å²) in [7, 11) is 0. The van der Waals surface area contributed by atoms with E-state index in [1.807, 2.05) is 12.1 Å². The number of oxazole rings is 1. The summed E-state index contributed by atoms with van der Waals surface area (Å²) in [5.74, 6) is -1.14. The summed E-state index contributed by atoms with van der Waals surface area (Å²) >= 11 is 0. The summed E-state index contributed by atoms with van der Waals surface area (Å²) in [6.07, 6.45) is 0.219. The van der Waals surface area contributed by atoms with Gasteiger partial charge in [0.1, 0.15) is 5.82 Å². The molecule has 8 heteroatoms. The second-order valence-electron chi connectivity index (χ2n) is 6.97. The van der Waals surface area contributed by atoms with Gasteiger partial charge in [0, 0.05) is 44.6 Å². The third-order valence-electron chi connectivity index (χ3n) is 5.13. The summed E-state index contributed by atoms with van der Waals surface area (Å²) in [6.45, 7) is 2.25. The zero-order valence-corrected chi connectivity index (χ0v) is 15.7. The highest BCUT2D eigenvalue weighted by molar-refractivity contribution is 5.98. The van der Waals surface area contributed by atoms with E-state index in [4.69, 9.17) is 4.42 Å². The summed E-state index contributed by atoms with van der Waals surface area (Å²) < 4.78 is 18.2. The number of ketones is 1. The zero-order chi connectivity index (χ0) is 20.4. The van der Waals surface area contributed by atoms with Gasteiger partial charge >= 0.3 is 5.76 Å². The number of aromatic nitrogens is 1. The molecular formula is C21H20FN3O4. The molecule has 1 aliphatic heterocycles. The zero-order valence-electron chi connectivity index (χ0n) is 15.7. The van der Waals surface area contributed by atoms with Crippen molar-refractivity contribution in [1.29, 1.82) is 0 Å². The Morgan fingerprint density at radius 2 is 1.72 bits per heavy atom. The fourth-order valence-corrected chi connectivity index (χ4v) is 3.56. The van der Waals surface area contributed by atoms with Crippen LogP contribution in [0, 0.1) is 5.82 Å². The van der Waals surface area contributed by atoms with Gasteiger partial charge in [-0.2, -0.15) is 0 Å². The first-order valence-corrected chi connectivity index (χ1v) is 9.44. The normalized spacial score (nSPS) is 14.4. The number of aromatic amines is 1. The minimum absolute atomic E-state index is 0.0773. The number of carbonyl (C=O) groups is 2. The Bertz CT molecular complexity index is 1100. The molecule has 0 saturated carbocycles. The summed E-state index contributed by atoms with van der Waals surface area (Å²) in [5, 5.41) is 0. The molecule has 150 valence electrons. The molecule has 0 bridgehead atoms. The van der Waals surface area contributed by atoms with E-state index in [-0.39, 0.29) is 24.5 Å². The highest BCUT2D eigenvalue weighted by Gasteiger charge is 2.23. The molecule has 1 aliphatic rings. The van der Waals surface area contributed by atoms with Crippen molar-refractivity contribution >= 4 is 28.5 Å². The number of amides is 1. The van der Waals surface area contributed by atoms with Crippen LogP contribution in [0.2, 0.25) is 0 Å². The molecule has 4 rings (SSSR count). The third kappa shape index (κ3) is 4.06. The summed E-state index contributed by atoms with van der Waals surface area (Å²) in [5.41, 5.74) is 2.39. The molecule has 2 aromatic carbocycles. The lowest BCUT2D eigenvalue weighted by molar-refractivity contribution is -0.131. The average Bonchev–Trinajstić information content (AvgIpc) is 3.12. The van der Waals surface area contributed by atoms with Crippen molar-refractivity contribution in [2.24, 2.45) is 0 Å². The largest absolute Gasteiger partial charge is 0.417 e. The number of nitrogens with zero attached hydrogens (tertiary/aromatic N) is 2. The molecule has 1 saturated heterocycles. The molecule has 7 nitrogen and oxygen atoms in total. The molecule has 0 spiro atoms. The molecule has 3 aromatic rings. The molecule has 0 aliphatic carbocycles. The third-order valence-corrected chi connectivity index (χ3v) is 5.13. The van der Waals surface area contributed by atoms with Gasteiger partial charge in [-0.3, -0.25) is 14.6 Å². The number of H-pyrrole nitrogens is 1. The van der Waals surface area contributed by atoms with Crippen molar-refractivity contribution in [3.05, 3.63) is 64.4 Å². The quantitative estimate of drug-likeness (QED) is 0.669. The van der Waals surface area contributed by atoms with Gasteiger partial charge in [0.25, 0.3) is 0 Å². The Hall–Kier alpha value is -3.42.